The molecule has 2 rings (SSSR count). The second kappa shape index (κ2) is 6.89. The maximum Gasteiger partial charge on any atom is 0.257 e. The first-order chi connectivity index (χ1) is 9.24. The van der Waals surface area contributed by atoms with Crippen LogP contribution in [0.3, 0.4) is 0 Å². The smallest absolute Gasteiger partial charge is 0.257 e. The molecule has 1 heterocycles. The van der Waals surface area contributed by atoms with Gasteiger partial charge in [-0.15, -0.1) is 11.3 Å². The summed E-state index contributed by atoms with van der Waals surface area (Å²) in [6, 6.07) is 7.63. The highest BCUT2D eigenvalue weighted by atomic mass is 32.1. The van der Waals surface area contributed by atoms with E-state index in [-0.39, 0.29) is 12.5 Å². The van der Waals surface area contributed by atoms with Crippen LogP contribution < -0.4 is 10.1 Å². The Bertz CT molecular complexity index is 509. The van der Waals surface area contributed by atoms with Crippen molar-refractivity contribution in [2.45, 2.75) is 13.3 Å². The van der Waals surface area contributed by atoms with Crippen molar-refractivity contribution in [3.8, 4) is 5.75 Å². The Morgan fingerprint density at radius 2 is 2.16 bits per heavy atom. The summed E-state index contributed by atoms with van der Waals surface area (Å²) in [6.45, 7) is 2.63. The van der Waals surface area contributed by atoms with Crippen LogP contribution in [0.15, 0.2) is 35.2 Å². The maximum atomic E-state index is 11.6. The van der Waals surface area contributed by atoms with E-state index in [1.165, 1.54) is 5.56 Å². The molecule has 0 aliphatic heterocycles. The van der Waals surface area contributed by atoms with Gasteiger partial charge in [0.2, 0.25) is 0 Å². The lowest BCUT2D eigenvalue weighted by molar-refractivity contribution is -0.123. The maximum absolute atomic E-state index is 11.6. The molecule has 0 radical (unpaired) electrons. The summed E-state index contributed by atoms with van der Waals surface area (Å²) < 4.78 is 5.38. The first kappa shape index (κ1) is 13.5. The number of rotatable bonds is 6. The van der Waals surface area contributed by atoms with Crippen LogP contribution >= 0.6 is 11.3 Å². The predicted molar refractivity (Wildman–Crippen MR) is 75.5 cm³/mol. The number of aromatic nitrogens is 1. The normalized spacial score (nSPS) is 10.2. The highest BCUT2D eigenvalue weighted by molar-refractivity contribution is 7.07. The molecule has 1 amide bonds. The van der Waals surface area contributed by atoms with Gasteiger partial charge in [-0.25, -0.2) is 4.98 Å². The SMILES string of the molecule is Cc1ccc(OCC(=O)NCCc2cscn2)cc1. The highest BCUT2D eigenvalue weighted by Crippen LogP contribution is 2.10. The van der Waals surface area contributed by atoms with E-state index in [1.807, 2.05) is 36.6 Å². The molecular weight excluding hydrogens is 260 g/mol. The topological polar surface area (TPSA) is 51.2 Å². The third-order valence-electron chi connectivity index (χ3n) is 2.58. The van der Waals surface area contributed by atoms with Gasteiger partial charge < -0.3 is 10.1 Å². The number of nitrogens with one attached hydrogen (secondary N) is 1. The molecule has 5 heteroatoms. The molecule has 1 aromatic carbocycles. The Labute approximate surface area is 116 Å². The van der Waals surface area contributed by atoms with Crippen LogP contribution in [0.2, 0.25) is 0 Å². The molecule has 0 bridgehead atoms. The number of carbonyl (C=O) groups excluding carboxylic acids is 1. The first-order valence-electron chi connectivity index (χ1n) is 6.07. The third-order valence-corrected chi connectivity index (χ3v) is 3.21. The lowest BCUT2D eigenvalue weighted by atomic mass is 10.2. The number of ether oxygens (including phenoxy) is 1. The van der Waals surface area contributed by atoms with Gasteiger partial charge in [0.05, 0.1) is 11.2 Å². The van der Waals surface area contributed by atoms with E-state index in [1.54, 1.807) is 16.8 Å². The Kier molecular flexibility index (Phi) is 4.92. The molecule has 0 saturated heterocycles. The number of hydrogen-bond donors (Lipinski definition) is 1. The molecule has 1 aromatic heterocycles. The fourth-order valence-electron chi connectivity index (χ4n) is 1.53. The number of thiazole rings is 1. The van der Waals surface area contributed by atoms with Crippen molar-refractivity contribution in [2.24, 2.45) is 0 Å². The summed E-state index contributed by atoms with van der Waals surface area (Å²) >= 11 is 1.56. The number of benzene rings is 1. The summed E-state index contributed by atoms with van der Waals surface area (Å²) in [4.78, 5) is 15.7. The average molecular weight is 276 g/mol. The molecule has 0 saturated carbocycles. The minimum Gasteiger partial charge on any atom is -0.484 e. The molecule has 2 aromatic rings. The molecular formula is C14H16N2O2S. The Hall–Kier alpha value is -1.88. The van der Waals surface area contributed by atoms with E-state index in [0.717, 1.165) is 12.1 Å². The molecule has 0 atom stereocenters. The van der Waals surface area contributed by atoms with Gasteiger partial charge in [0.1, 0.15) is 5.75 Å². The van der Waals surface area contributed by atoms with Gasteiger partial charge in [-0.3, -0.25) is 4.79 Å². The summed E-state index contributed by atoms with van der Waals surface area (Å²) in [5.41, 5.74) is 3.96. The molecule has 4 nitrogen and oxygen atoms in total. The van der Waals surface area contributed by atoms with E-state index < -0.39 is 0 Å². The summed E-state index contributed by atoms with van der Waals surface area (Å²) in [7, 11) is 0. The monoisotopic (exact) mass is 276 g/mol. The van der Waals surface area contributed by atoms with Crippen LogP contribution in [0.5, 0.6) is 5.75 Å². The lowest BCUT2D eigenvalue weighted by Gasteiger charge is -2.07. The van der Waals surface area contributed by atoms with Gasteiger partial charge in [-0.1, -0.05) is 17.7 Å². The number of aryl methyl sites for hydroxylation is 1. The van der Waals surface area contributed by atoms with E-state index >= 15 is 0 Å². The van der Waals surface area contributed by atoms with Crippen molar-refractivity contribution in [3.63, 3.8) is 0 Å². The second-order valence-corrected chi connectivity index (χ2v) is 4.90. The Morgan fingerprint density at radius 1 is 1.37 bits per heavy atom. The highest BCUT2D eigenvalue weighted by Gasteiger charge is 2.03. The van der Waals surface area contributed by atoms with Crippen LogP contribution in [0, 0.1) is 6.92 Å². The largest absolute Gasteiger partial charge is 0.484 e. The molecule has 19 heavy (non-hydrogen) atoms. The van der Waals surface area contributed by atoms with Crippen LogP contribution in [-0.4, -0.2) is 24.0 Å². The molecule has 100 valence electrons. The van der Waals surface area contributed by atoms with Crippen LogP contribution in [0.25, 0.3) is 0 Å². The number of amides is 1. The Morgan fingerprint density at radius 3 is 2.84 bits per heavy atom. The molecule has 1 N–H and O–H groups in total. The minimum atomic E-state index is -0.115. The zero-order valence-corrected chi connectivity index (χ0v) is 11.6. The molecule has 0 unspecified atom stereocenters. The Balaban J connectivity index is 1.65. The zero-order valence-electron chi connectivity index (χ0n) is 10.8. The van der Waals surface area contributed by atoms with Crippen molar-refractivity contribution in [2.75, 3.05) is 13.2 Å². The minimum absolute atomic E-state index is 0.0418. The third kappa shape index (κ3) is 4.71. The van der Waals surface area contributed by atoms with Gasteiger partial charge in [0.15, 0.2) is 6.61 Å². The van der Waals surface area contributed by atoms with Crippen molar-refractivity contribution < 1.29 is 9.53 Å². The van der Waals surface area contributed by atoms with Crippen molar-refractivity contribution in [1.29, 1.82) is 0 Å². The van der Waals surface area contributed by atoms with Crippen LogP contribution in [-0.2, 0) is 11.2 Å². The van der Waals surface area contributed by atoms with E-state index in [9.17, 15) is 4.79 Å². The average Bonchev–Trinajstić information content (AvgIpc) is 2.91. The van der Waals surface area contributed by atoms with Gasteiger partial charge >= 0.3 is 0 Å². The number of carbonyl (C=O) groups is 1. The fraction of sp³-hybridized carbons (Fsp3) is 0.286. The standard InChI is InChI=1S/C14H16N2O2S/c1-11-2-4-13(5-3-11)18-8-14(17)15-7-6-12-9-19-10-16-12/h2-5,9-10H,6-8H2,1H3,(H,15,17). The first-order valence-corrected chi connectivity index (χ1v) is 7.01. The molecule has 0 spiro atoms. The number of hydrogen-bond acceptors (Lipinski definition) is 4. The molecule has 0 aliphatic carbocycles. The summed E-state index contributed by atoms with van der Waals surface area (Å²) in [6.07, 6.45) is 0.750. The lowest BCUT2D eigenvalue weighted by Crippen LogP contribution is -2.30. The van der Waals surface area contributed by atoms with Gasteiger partial charge in [0, 0.05) is 18.3 Å². The van der Waals surface area contributed by atoms with Crippen molar-refractivity contribution in [3.05, 3.63) is 46.4 Å². The van der Waals surface area contributed by atoms with E-state index in [4.69, 9.17) is 4.74 Å². The zero-order chi connectivity index (χ0) is 13.5. The second-order valence-electron chi connectivity index (χ2n) is 4.18. The number of nitrogens with zero attached hydrogens (tertiary/aromatic N) is 1. The van der Waals surface area contributed by atoms with Crippen molar-refractivity contribution in [1.82, 2.24) is 10.3 Å². The van der Waals surface area contributed by atoms with E-state index in [2.05, 4.69) is 10.3 Å². The predicted octanol–water partition coefficient (Wildman–Crippen LogP) is 2.19. The summed E-state index contributed by atoms with van der Waals surface area (Å²) in [5.74, 6) is 0.594. The van der Waals surface area contributed by atoms with Crippen LogP contribution in [0.1, 0.15) is 11.3 Å². The van der Waals surface area contributed by atoms with Crippen LogP contribution in [0.4, 0.5) is 0 Å². The fourth-order valence-corrected chi connectivity index (χ4v) is 2.12. The van der Waals surface area contributed by atoms with E-state index in [0.29, 0.717) is 12.3 Å². The van der Waals surface area contributed by atoms with Crippen molar-refractivity contribution >= 4 is 17.2 Å². The molecule has 0 fully saturated rings. The quantitative estimate of drug-likeness (QED) is 0.880. The molecule has 0 aliphatic rings. The van der Waals surface area contributed by atoms with Gasteiger partial charge in [-0.2, -0.15) is 0 Å². The summed E-state index contributed by atoms with van der Waals surface area (Å²) in [5, 5.41) is 4.78. The van der Waals surface area contributed by atoms with Gasteiger partial charge in [-0.05, 0) is 19.1 Å². The van der Waals surface area contributed by atoms with Gasteiger partial charge in [0.25, 0.3) is 5.91 Å².